The summed E-state index contributed by atoms with van der Waals surface area (Å²) in [5.41, 5.74) is 1.96. The van der Waals surface area contributed by atoms with Crippen LogP contribution in [0.15, 0.2) is 11.6 Å². The molecule has 0 aromatic heterocycles. The average Bonchev–Trinajstić information content (AvgIpc) is 3.01. The van der Waals surface area contributed by atoms with Gasteiger partial charge in [0.15, 0.2) is 0 Å². The van der Waals surface area contributed by atoms with Crippen LogP contribution in [0.4, 0.5) is 0 Å². The Hall–Kier alpha value is -0.340. The Labute approximate surface area is 166 Å². The molecule has 4 rings (SSSR count). The fraction of sp³-hybridized carbons (Fsp3) is 0.920. The van der Waals surface area contributed by atoms with Gasteiger partial charge in [-0.15, -0.1) is 0 Å². The predicted octanol–water partition coefficient (Wildman–Crippen LogP) is 5.73. The molecule has 3 saturated carbocycles. The molecule has 2 N–H and O–H groups in total. The second-order valence-corrected chi connectivity index (χ2v) is 11.1. The third kappa shape index (κ3) is 2.88. The summed E-state index contributed by atoms with van der Waals surface area (Å²) in [5.74, 6) is 3.58. The van der Waals surface area contributed by atoms with Crippen LogP contribution in [-0.4, -0.2) is 22.4 Å². The molecule has 27 heavy (non-hydrogen) atoms. The molecule has 0 saturated heterocycles. The fourth-order valence-corrected chi connectivity index (χ4v) is 8.32. The zero-order valence-electron chi connectivity index (χ0n) is 18.1. The van der Waals surface area contributed by atoms with E-state index in [9.17, 15) is 10.2 Å². The topological polar surface area (TPSA) is 40.5 Å². The van der Waals surface area contributed by atoms with Crippen molar-refractivity contribution in [2.45, 2.75) is 97.5 Å². The second kappa shape index (κ2) is 6.87. The molecular weight excluding hydrogens is 332 g/mol. The van der Waals surface area contributed by atoms with Crippen molar-refractivity contribution in [3.63, 3.8) is 0 Å². The van der Waals surface area contributed by atoms with Crippen LogP contribution in [0.3, 0.4) is 0 Å². The van der Waals surface area contributed by atoms with Gasteiger partial charge in [-0.2, -0.15) is 0 Å². The van der Waals surface area contributed by atoms with E-state index in [-0.39, 0.29) is 0 Å². The molecular formula is C25H42O2. The van der Waals surface area contributed by atoms with Crippen LogP contribution in [-0.2, 0) is 0 Å². The number of hydrogen-bond acceptors (Lipinski definition) is 2. The van der Waals surface area contributed by atoms with Gasteiger partial charge in [-0.3, -0.25) is 0 Å². The van der Waals surface area contributed by atoms with E-state index in [0.717, 1.165) is 49.4 Å². The third-order valence-corrected chi connectivity index (χ3v) is 10.3. The van der Waals surface area contributed by atoms with Gasteiger partial charge in [-0.25, -0.2) is 0 Å². The molecule has 0 unspecified atom stereocenters. The molecule has 154 valence electrons. The van der Waals surface area contributed by atoms with Crippen LogP contribution in [0.5, 0.6) is 0 Å². The van der Waals surface area contributed by atoms with Crippen molar-refractivity contribution in [1.29, 1.82) is 0 Å². The van der Waals surface area contributed by atoms with E-state index in [4.69, 9.17) is 0 Å². The number of aliphatic hydroxyl groups excluding tert-OH is 1. The van der Waals surface area contributed by atoms with E-state index in [2.05, 4.69) is 33.8 Å². The minimum Gasteiger partial charge on any atom is -0.396 e. The lowest BCUT2D eigenvalue weighted by Gasteiger charge is -2.62. The van der Waals surface area contributed by atoms with Crippen LogP contribution in [0.25, 0.3) is 0 Å². The average molecular weight is 375 g/mol. The van der Waals surface area contributed by atoms with Crippen molar-refractivity contribution in [2.24, 2.45) is 40.4 Å². The van der Waals surface area contributed by atoms with Gasteiger partial charge in [0.2, 0.25) is 0 Å². The predicted molar refractivity (Wildman–Crippen MR) is 111 cm³/mol. The highest BCUT2D eigenvalue weighted by Crippen LogP contribution is 2.67. The van der Waals surface area contributed by atoms with Gasteiger partial charge in [0.05, 0.1) is 5.60 Å². The molecule has 0 aromatic rings. The highest BCUT2D eigenvalue weighted by Gasteiger charge is 2.60. The van der Waals surface area contributed by atoms with E-state index in [0.29, 0.717) is 23.4 Å². The molecule has 4 aliphatic rings. The molecule has 0 heterocycles. The summed E-state index contributed by atoms with van der Waals surface area (Å²) >= 11 is 0. The first kappa shape index (κ1) is 20.0. The minimum atomic E-state index is -0.391. The number of fused-ring (bicyclic) bond motifs is 5. The van der Waals surface area contributed by atoms with E-state index in [1.54, 1.807) is 5.57 Å². The molecule has 0 amide bonds. The molecule has 2 nitrogen and oxygen atoms in total. The van der Waals surface area contributed by atoms with Crippen LogP contribution >= 0.6 is 0 Å². The van der Waals surface area contributed by atoms with Gasteiger partial charge in [0.25, 0.3) is 0 Å². The quantitative estimate of drug-likeness (QED) is 0.617. The van der Waals surface area contributed by atoms with Gasteiger partial charge >= 0.3 is 0 Å². The van der Waals surface area contributed by atoms with E-state index < -0.39 is 5.60 Å². The molecule has 0 aromatic carbocycles. The normalized spacial score (nSPS) is 50.4. The minimum absolute atomic E-state index is 0.314. The Bertz CT molecular complexity index is 593. The maximum absolute atomic E-state index is 10.9. The zero-order valence-corrected chi connectivity index (χ0v) is 18.1. The first-order valence-corrected chi connectivity index (χ1v) is 11.8. The highest BCUT2D eigenvalue weighted by molar-refractivity contribution is 5.27. The van der Waals surface area contributed by atoms with Crippen LogP contribution in [0.1, 0.15) is 91.9 Å². The Morgan fingerprint density at radius 3 is 2.52 bits per heavy atom. The summed E-state index contributed by atoms with van der Waals surface area (Å²) in [5, 5.41) is 20.9. The van der Waals surface area contributed by atoms with Gasteiger partial charge in [-0.05, 0) is 98.7 Å². The first-order chi connectivity index (χ1) is 12.8. The van der Waals surface area contributed by atoms with Gasteiger partial charge in [-0.1, -0.05) is 39.3 Å². The largest absolute Gasteiger partial charge is 0.396 e. The Morgan fingerprint density at radius 2 is 1.85 bits per heavy atom. The molecule has 3 fully saturated rings. The summed E-state index contributed by atoms with van der Waals surface area (Å²) in [4.78, 5) is 0. The zero-order chi connectivity index (χ0) is 19.4. The molecule has 0 radical (unpaired) electrons. The van der Waals surface area contributed by atoms with Gasteiger partial charge in [0, 0.05) is 12.5 Å². The lowest BCUT2D eigenvalue weighted by Crippen LogP contribution is -2.55. The Morgan fingerprint density at radius 1 is 1.07 bits per heavy atom. The van der Waals surface area contributed by atoms with Crippen molar-refractivity contribution < 1.29 is 10.2 Å². The van der Waals surface area contributed by atoms with Crippen molar-refractivity contribution in [3.8, 4) is 0 Å². The van der Waals surface area contributed by atoms with Crippen LogP contribution in [0, 0.1) is 40.4 Å². The van der Waals surface area contributed by atoms with Crippen LogP contribution < -0.4 is 0 Å². The van der Waals surface area contributed by atoms with Crippen molar-refractivity contribution in [2.75, 3.05) is 6.61 Å². The van der Waals surface area contributed by atoms with Gasteiger partial charge in [0.1, 0.15) is 0 Å². The summed E-state index contributed by atoms with van der Waals surface area (Å²) in [6.07, 6.45) is 14.4. The van der Waals surface area contributed by atoms with Crippen LogP contribution in [0.2, 0.25) is 0 Å². The standard InChI is InChI=1S/C25H42O2/c1-5-17(16-26)20-9-10-21-19-8-7-18-15-25(27,6-2)14-13-23(18,3)22(19)11-12-24(20,21)4/h9,17-19,21-22,26-27H,5-8,10-16H2,1-4H3/t17-,18+,19+,21+,22+,23+,24-,25+/m1/s1. The van der Waals surface area contributed by atoms with Gasteiger partial charge < -0.3 is 10.2 Å². The number of allylic oxidation sites excluding steroid dienone is 1. The highest BCUT2D eigenvalue weighted by atomic mass is 16.3. The molecule has 0 bridgehead atoms. The fourth-order valence-electron chi connectivity index (χ4n) is 8.32. The monoisotopic (exact) mass is 374 g/mol. The summed E-state index contributed by atoms with van der Waals surface area (Å²) in [6, 6.07) is 0. The van der Waals surface area contributed by atoms with Crippen molar-refractivity contribution in [3.05, 3.63) is 11.6 Å². The number of rotatable bonds is 4. The molecule has 4 aliphatic carbocycles. The Kier molecular flexibility index (Phi) is 5.08. The summed E-state index contributed by atoms with van der Waals surface area (Å²) < 4.78 is 0. The second-order valence-electron chi connectivity index (χ2n) is 11.1. The number of aliphatic hydroxyl groups is 2. The van der Waals surface area contributed by atoms with Crippen molar-refractivity contribution >= 4 is 0 Å². The van der Waals surface area contributed by atoms with E-state index in [1.165, 1.54) is 38.5 Å². The summed E-state index contributed by atoms with van der Waals surface area (Å²) in [6.45, 7) is 9.81. The SMILES string of the molecule is CC[C@H](CO)C1=CC[C@H]2[C@@H]3CC[C@H]4C[C@](O)(CC)CC[C@]4(C)[C@H]3CC[C@]12C. The lowest BCUT2D eigenvalue weighted by atomic mass is 9.43. The molecule has 8 atom stereocenters. The number of hydrogen-bond donors (Lipinski definition) is 2. The third-order valence-electron chi connectivity index (χ3n) is 10.3. The first-order valence-electron chi connectivity index (χ1n) is 11.8. The molecule has 0 aliphatic heterocycles. The van der Waals surface area contributed by atoms with Crippen molar-refractivity contribution in [1.82, 2.24) is 0 Å². The van der Waals surface area contributed by atoms with E-state index >= 15 is 0 Å². The maximum Gasteiger partial charge on any atom is 0.0648 e. The molecule has 2 heteroatoms. The maximum atomic E-state index is 10.9. The Balaban J connectivity index is 1.57. The lowest BCUT2D eigenvalue weighted by molar-refractivity contribution is -0.146. The summed E-state index contributed by atoms with van der Waals surface area (Å²) in [7, 11) is 0. The van der Waals surface area contributed by atoms with E-state index in [1.807, 2.05) is 0 Å². The smallest absolute Gasteiger partial charge is 0.0648 e. The molecule has 0 spiro atoms.